The molecule has 1 amide bonds. The lowest BCUT2D eigenvalue weighted by atomic mass is 9.97. The van der Waals surface area contributed by atoms with Crippen molar-refractivity contribution in [3.63, 3.8) is 0 Å². The summed E-state index contributed by atoms with van der Waals surface area (Å²) in [6.45, 7) is -0.290. The van der Waals surface area contributed by atoms with Crippen molar-refractivity contribution >= 4 is 6.09 Å². The van der Waals surface area contributed by atoms with Crippen molar-refractivity contribution in [2.45, 2.75) is 12.7 Å². The van der Waals surface area contributed by atoms with Gasteiger partial charge in [0.2, 0.25) is 5.88 Å². The van der Waals surface area contributed by atoms with Crippen LogP contribution in [-0.2, 0) is 12.7 Å². The molecule has 0 saturated carbocycles. The molecule has 3 rings (SSSR count). The van der Waals surface area contributed by atoms with E-state index in [1.54, 1.807) is 42.5 Å². The lowest BCUT2D eigenvalue weighted by molar-refractivity contribution is -0.137. The molecule has 3 aromatic rings. The standard InChI is InChI=1S/C21H17F3N2O3/c1-26(20(28)29-18-9-5-6-10-25-18)13-15-11-16(21(22,23)24)12-17(19(15)27)14-7-3-2-4-8-14/h2-12,27H,13H2,1H3. The Bertz CT molecular complexity index is 993. The van der Waals surface area contributed by atoms with Crippen LogP contribution in [0.1, 0.15) is 11.1 Å². The highest BCUT2D eigenvalue weighted by molar-refractivity contribution is 5.74. The molecule has 1 heterocycles. The van der Waals surface area contributed by atoms with Gasteiger partial charge in [-0.2, -0.15) is 13.2 Å². The number of aromatic hydroxyl groups is 1. The molecule has 0 aliphatic rings. The summed E-state index contributed by atoms with van der Waals surface area (Å²) in [5, 5.41) is 10.6. The van der Waals surface area contributed by atoms with E-state index in [1.807, 2.05) is 0 Å². The SMILES string of the molecule is CN(Cc1cc(C(F)(F)F)cc(-c2ccccc2)c1O)C(=O)Oc1ccccn1. The number of alkyl halides is 3. The number of pyridine rings is 1. The number of ether oxygens (including phenoxy) is 1. The van der Waals surface area contributed by atoms with Gasteiger partial charge in [-0.1, -0.05) is 36.4 Å². The molecule has 0 spiro atoms. The van der Waals surface area contributed by atoms with Crippen LogP contribution < -0.4 is 4.74 Å². The summed E-state index contributed by atoms with van der Waals surface area (Å²) in [7, 11) is 1.35. The Hall–Kier alpha value is -3.55. The second-order valence-corrected chi connectivity index (χ2v) is 6.29. The molecule has 0 fully saturated rings. The van der Waals surface area contributed by atoms with Crippen molar-refractivity contribution < 1.29 is 27.8 Å². The number of benzene rings is 2. The van der Waals surface area contributed by atoms with Gasteiger partial charge < -0.3 is 14.7 Å². The van der Waals surface area contributed by atoms with Crippen molar-refractivity contribution in [1.29, 1.82) is 0 Å². The summed E-state index contributed by atoms with van der Waals surface area (Å²) in [6, 6.07) is 14.7. The number of hydrogen-bond acceptors (Lipinski definition) is 4. The monoisotopic (exact) mass is 402 g/mol. The zero-order valence-electron chi connectivity index (χ0n) is 15.3. The Morgan fingerprint density at radius 2 is 1.79 bits per heavy atom. The molecule has 150 valence electrons. The quantitative estimate of drug-likeness (QED) is 0.659. The average Bonchev–Trinajstić information content (AvgIpc) is 2.70. The van der Waals surface area contributed by atoms with E-state index < -0.39 is 17.8 Å². The molecular formula is C21H17F3N2O3. The third-order valence-electron chi connectivity index (χ3n) is 4.15. The fraction of sp³-hybridized carbons (Fsp3) is 0.143. The van der Waals surface area contributed by atoms with Crippen molar-refractivity contribution in [3.8, 4) is 22.8 Å². The molecule has 0 unspecified atom stereocenters. The summed E-state index contributed by atoms with van der Waals surface area (Å²) in [5.41, 5.74) is -0.521. The number of carbonyl (C=O) groups is 1. The summed E-state index contributed by atoms with van der Waals surface area (Å²) in [4.78, 5) is 17.1. The minimum Gasteiger partial charge on any atom is -0.507 e. The smallest absolute Gasteiger partial charge is 0.416 e. The molecule has 29 heavy (non-hydrogen) atoms. The second-order valence-electron chi connectivity index (χ2n) is 6.29. The van der Waals surface area contributed by atoms with Gasteiger partial charge in [0.25, 0.3) is 0 Å². The number of nitrogens with zero attached hydrogens (tertiary/aromatic N) is 2. The highest BCUT2D eigenvalue weighted by Crippen LogP contribution is 2.39. The van der Waals surface area contributed by atoms with E-state index in [0.29, 0.717) is 5.56 Å². The number of phenolic OH excluding ortho intramolecular Hbond substituents is 1. The van der Waals surface area contributed by atoms with Crippen molar-refractivity contribution in [2.24, 2.45) is 0 Å². The lowest BCUT2D eigenvalue weighted by Gasteiger charge is -2.20. The van der Waals surface area contributed by atoms with E-state index in [-0.39, 0.29) is 29.3 Å². The number of halogens is 3. The van der Waals surface area contributed by atoms with Crippen molar-refractivity contribution in [3.05, 3.63) is 78.0 Å². The minimum absolute atomic E-state index is 0.0296. The maximum Gasteiger partial charge on any atom is 0.416 e. The summed E-state index contributed by atoms with van der Waals surface area (Å²) in [6.07, 6.45) is -3.99. The first kappa shape index (κ1) is 20.2. The zero-order valence-corrected chi connectivity index (χ0v) is 15.3. The molecule has 0 radical (unpaired) electrons. The van der Waals surface area contributed by atoms with E-state index in [0.717, 1.165) is 17.0 Å². The van der Waals surface area contributed by atoms with Crippen molar-refractivity contribution in [1.82, 2.24) is 9.88 Å². The molecule has 1 aromatic heterocycles. The van der Waals surface area contributed by atoms with Gasteiger partial charge in [0.05, 0.1) is 12.1 Å². The normalized spacial score (nSPS) is 11.2. The van der Waals surface area contributed by atoms with Crippen LogP contribution in [0.2, 0.25) is 0 Å². The molecule has 0 saturated heterocycles. The van der Waals surface area contributed by atoms with Gasteiger partial charge in [-0.25, -0.2) is 9.78 Å². The highest BCUT2D eigenvalue weighted by Gasteiger charge is 2.32. The van der Waals surface area contributed by atoms with E-state index in [1.165, 1.54) is 19.3 Å². The predicted molar refractivity (Wildman–Crippen MR) is 100 cm³/mol. The zero-order chi connectivity index (χ0) is 21.0. The van der Waals surface area contributed by atoms with Gasteiger partial charge in [0.15, 0.2) is 0 Å². The second kappa shape index (κ2) is 8.22. The molecule has 0 aliphatic carbocycles. The first-order valence-electron chi connectivity index (χ1n) is 8.58. The van der Waals surface area contributed by atoms with Crippen LogP contribution in [0.15, 0.2) is 66.9 Å². The molecule has 8 heteroatoms. The molecular weight excluding hydrogens is 385 g/mol. The fourth-order valence-corrected chi connectivity index (χ4v) is 2.71. The average molecular weight is 402 g/mol. The number of hydrogen-bond donors (Lipinski definition) is 1. The van der Waals surface area contributed by atoms with E-state index >= 15 is 0 Å². The van der Waals surface area contributed by atoms with Crippen LogP contribution in [-0.4, -0.2) is 28.1 Å². The Balaban J connectivity index is 1.92. The van der Waals surface area contributed by atoms with Crippen LogP contribution >= 0.6 is 0 Å². The van der Waals surface area contributed by atoms with E-state index in [4.69, 9.17) is 4.74 Å². The lowest BCUT2D eigenvalue weighted by Crippen LogP contribution is -2.29. The maximum absolute atomic E-state index is 13.4. The third-order valence-corrected chi connectivity index (χ3v) is 4.15. The molecule has 0 atom stereocenters. The highest BCUT2D eigenvalue weighted by atomic mass is 19.4. The summed E-state index contributed by atoms with van der Waals surface area (Å²) >= 11 is 0. The largest absolute Gasteiger partial charge is 0.507 e. The summed E-state index contributed by atoms with van der Waals surface area (Å²) < 4.78 is 45.2. The third kappa shape index (κ3) is 4.84. The van der Waals surface area contributed by atoms with Crippen LogP contribution in [0.5, 0.6) is 11.6 Å². The Labute approximate surface area is 165 Å². The van der Waals surface area contributed by atoms with E-state index in [2.05, 4.69) is 4.98 Å². The topological polar surface area (TPSA) is 62.7 Å². The number of aromatic nitrogens is 1. The van der Waals surface area contributed by atoms with Gasteiger partial charge in [-0.15, -0.1) is 0 Å². The van der Waals surface area contributed by atoms with E-state index in [9.17, 15) is 23.1 Å². The first-order valence-corrected chi connectivity index (χ1v) is 8.58. The number of amides is 1. The first-order chi connectivity index (χ1) is 13.8. The maximum atomic E-state index is 13.4. The molecule has 0 aliphatic heterocycles. The van der Waals surface area contributed by atoms with Crippen molar-refractivity contribution in [2.75, 3.05) is 7.05 Å². The van der Waals surface area contributed by atoms with Gasteiger partial charge in [-0.05, 0) is 23.8 Å². The molecule has 1 N–H and O–H groups in total. The van der Waals surface area contributed by atoms with Gasteiger partial charge in [0.1, 0.15) is 5.75 Å². The van der Waals surface area contributed by atoms with Crippen LogP contribution in [0.3, 0.4) is 0 Å². The van der Waals surface area contributed by atoms with Gasteiger partial charge >= 0.3 is 12.3 Å². The van der Waals surface area contributed by atoms with Crippen LogP contribution in [0, 0.1) is 0 Å². The number of rotatable bonds is 4. The van der Waals surface area contributed by atoms with Gasteiger partial charge in [0, 0.05) is 30.4 Å². The Morgan fingerprint density at radius 1 is 1.10 bits per heavy atom. The summed E-state index contributed by atoms with van der Waals surface area (Å²) in [5.74, 6) is -0.274. The molecule has 5 nitrogen and oxygen atoms in total. The fourth-order valence-electron chi connectivity index (χ4n) is 2.71. The number of phenols is 1. The minimum atomic E-state index is -4.61. The number of carbonyl (C=O) groups excluding carboxylic acids is 1. The van der Waals surface area contributed by atoms with Crippen LogP contribution in [0.25, 0.3) is 11.1 Å². The predicted octanol–water partition coefficient (Wildman–Crippen LogP) is 5.10. The Morgan fingerprint density at radius 3 is 2.41 bits per heavy atom. The molecule has 2 aromatic carbocycles. The molecule has 0 bridgehead atoms. The Kier molecular flexibility index (Phi) is 5.72. The van der Waals surface area contributed by atoms with Gasteiger partial charge in [-0.3, -0.25) is 0 Å². The van der Waals surface area contributed by atoms with Crippen LogP contribution in [0.4, 0.5) is 18.0 Å².